The molecule has 0 saturated carbocycles. The molecule has 0 radical (unpaired) electrons. The van der Waals surface area contributed by atoms with Gasteiger partial charge < -0.3 is 30.9 Å². The third kappa shape index (κ3) is 7.16. The first-order valence-corrected chi connectivity index (χ1v) is 12.5. The molecule has 1 aliphatic rings. The van der Waals surface area contributed by atoms with Crippen molar-refractivity contribution in [3.63, 3.8) is 0 Å². The number of anilines is 1. The van der Waals surface area contributed by atoms with E-state index in [1.54, 1.807) is 41.7 Å². The van der Waals surface area contributed by atoms with Crippen molar-refractivity contribution < 1.29 is 24.2 Å². The minimum absolute atomic E-state index is 0.0869. The Morgan fingerprint density at radius 1 is 1.16 bits per heavy atom. The number of thioether (sulfide) groups is 2. The van der Waals surface area contributed by atoms with E-state index >= 15 is 0 Å². The van der Waals surface area contributed by atoms with Crippen molar-refractivity contribution in [2.24, 2.45) is 0 Å². The summed E-state index contributed by atoms with van der Waals surface area (Å²) in [5.41, 5.74) is 7.18. The van der Waals surface area contributed by atoms with Crippen LogP contribution in [0.5, 0.6) is 11.5 Å². The topological polar surface area (TPSA) is 123 Å². The highest BCUT2D eigenvalue weighted by Gasteiger charge is 2.23. The number of carboxylic acids is 1. The molecule has 0 aromatic heterocycles. The summed E-state index contributed by atoms with van der Waals surface area (Å²) in [6.45, 7) is 0.123. The van der Waals surface area contributed by atoms with Crippen LogP contribution < -0.4 is 25.8 Å². The highest BCUT2D eigenvalue weighted by atomic mass is 32.2. The van der Waals surface area contributed by atoms with Gasteiger partial charge in [0, 0.05) is 22.4 Å². The average molecular weight is 478 g/mol. The number of rotatable bonds is 11. The van der Waals surface area contributed by atoms with Crippen molar-refractivity contribution in [2.75, 3.05) is 30.3 Å². The molecule has 0 spiro atoms. The Labute approximate surface area is 195 Å². The summed E-state index contributed by atoms with van der Waals surface area (Å²) in [5, 5.41) is 15.1. The molecule has 0 aliphatic carbocycles. The van der Waals surface area contributed by atoms with Gasteiger partial charge in [0.1, 0.15) is 0 Å². The maximum absolute atomic E-state index is 12.8. The number of hydrogen-bond acceptors (Lipinski definition) is 7. The van der Waals surface area contributed by atoms with Crippen LogP contribution in [0.1, 0.15) is 24.4 Å². The SMILES string of the molecule is CSCCC(CSc1cccc(N)c1)NC(=O)N[C@@H](CC(=O)O)c1ccc2c(c1)OCO2. The third-order valence-electron chi connectivity index (χ3n) is 4.80. The minimum Gasteiger partial charge on any atom is -0.481 e. The van der Waals surface area contributed by atoms with Crippen molar-refractivity contribution in [1.29, 1.82) is 0 Å². The van der Waals surface area contributed by atoms with E-state index in [1.807, 2.05) is 30.5 Å². The number of ether oxygens (including phenoxy) is 2. The number of carbonyl (C=O) groups is 2. The van der Waals surface area contributed by atoms with E-state index in [0.29, 0.717) is 28.5 Å². The molecule has 2 aromatic rings. The second-order valence-electron chi connectivity index (χ2n) is 7.24. The summed E-state index contributed by atoms with van der Waals surface area (Å²) in [4.78, 5) is 25.2. The molecule has 32 heavy (non-hydrogen) atoms. The first kappa shape index (κ1) is 23.9. The third-order valence-corrected chi connectivity index (χ3v) is 6.60. The van der Waals surface area contributed by atoms with Crippen molar-refractivity contribution in [3.05, 3.63) is 48.0 Å². The van der Waals surface area contributed by atoms with Crippen LogP contribution in [0.25, 0.3) is 0 Å². The molecular formula is C22H27N3O5S2. The van der Waals surface area contributed by atoms with E-state index in [-0.39, 0.29) is 19.3 Å². The molecular weight excluding hydrogens is 450 g/mol. The number of amides is 2. The van der Waals surface area contributed by atoms with Crippen molar-refractivity contribution in [3.8, 4) is 11.5 Å². The van der Waals surface area contributed by atoms with Crippen LogP contribution in [-0.2, 0) is 4.79 Å². The van der Waals surface area contributed by atoms with Crippen LogP contribution in [0.4, 0.5) is 10.5 Å². The molecule has 10 heteroatoms. The first-order valence-electron chi connectivity index (χ1n) is 10.1. The van der Waals surface area contributed by atoms with Crippen molar-refractivity contribution in [2.45, 2.75) is 29.8 Å². The molecule has 3 rings (SSSR count). The van der Waals surface area contributed by atoms with Gasteiger partial charge in [0.25, 0.3) is 0 Å². The summed E-state index contributed by atoms with van der Waals surface area (Å²) >= 11 is 3.33. The predicted molar refractivity (Wildman–Crippen MR) is 128 cm³/mol. The normalized spacial score (nSPS) is 13.9. The fourth-order valence-electron chi connectivity index (χ4n) is 3.20. The Balaban J connectivity index is 1.64. The largest absolute Gasteiger partial charge is 0.481 e. The Morgan fingerprint density at radius 2 is 1.97 bits per heavy atom. The molecule has 1 aliphatic heterocycles. The summed E-state index contributed by atoms with van der Waals surface area (Å²) in [6.07, 6.45) is 2.56. The fourth-order valence-corrected chi connectivity index (χ4v) is 4.76. The van der Waals surface area contributed by atoms with Crippen LogP contribution in [-0.4, -0.2) is 47.7 Å². The molecule has 0 fully saturated rings. The van der Waals surface area contributed by atoms with Gasteiger partial charge >= 0.3 is 12.0 Å². The smallest absolute Gasteiger partial charge is 0.315 e. The average Bonchev–Trinajstić information content (AvgIpc) is 3.23. The lowest BCUT2D eigenvalue weighted by Crippen LogP contribution is -2.45. The summed E-state index contributed by atoms with van der Waals surface area (Å²) in [7, 11) is 0. The van der Waals surface area contributed by atoms with E-state index in [4.69, 9.17) is 15.2 Å². The molecule has 172 valence electrons. The molecule has 2 aromatic carbocycles. The molecule has 1 unspecified atom stereocenters. The number of nitrogens with two attached hydrogens (primary N) is 1. The lowest BCUT2D eigenvalue weighted by Gasteiger charge is -2.22. The van der Waals surface area contributed by atoms with E-state index < -0.39 is 18.0 Å². The van der Waals surface area contributed by atoms with E-state index in [9.17, 15) is 14.7 Å². The van der Waals surface area contributed by atoms with Crippen LogP contribution >= 0.6 is 23.5 Å². The van der Waals surface area contributed by atoms with Gasteiger partial charge in [-0.05, 0) is 54.3 Å². The number of nitrogens with one attached hydrogen (secondary N) is 2. The Morgan fingerprint density at radius 3 is 2.72 bits per heavy atom. The Bertz CT molecular complexity index is 944. The molecule has 0 bridgehead atoms. The second kappa shape index (κ2) is 11.8. The lowest BCUT2D eigenvalue weighted by atomic mass is 10.0. The van der Waals surface area contributed by atoms with Crippen molar-refractivity contribution in [1.82, 2.24) is 10.6 Å². The van der Waals surface area contributed by atoms with Gasteiger partial charge in [-0.2, -0.15) is 11.8 Å². The Kier molecular flexibility index (Phi) is 8.81. The monoisotopic (exact) mass is 477 g/mol. The molecule has 5 N–H and O–H groups in total. The van der Waals surface area contributed by atoms with E-state index in [0.717, 1.165) is 17.1 Å². The second-order valence-corrected chi connectivity index (χ2v) is 9.32. The van der Waals surface area contributed by atoms with Crippen LogP contribution in [0, 0.1) is 0 Å². The quantitative estimate of drug-likeness (QED) is 0.285. The number of nitrogen functional groups attached to an aromatic ring is 1. The highest BCUT2D eigenvalue weighted by molar-refractivity contribution is 7.99. The number of hydrogen-bond donors (Lipinski definition) is 4. The number of aliphatic carboxylic acids is 1. The molecule has 8 nitrogen and oxygen atoms in total. The highest BCUT2D eigenvalue weighted by Crippen LogP contribution is 2.34. The van der Waals surface area contributed by atoms with Crippen LogP contribution in [0.2, 0.25) is 0 Å². The van der Waals surface area contributed by atoms with Gasteiger partial charge in [-0.1, -0.05) is 12.1 Å². The maximum atomic E-state index is 12.8. The summed E-state index contributed by atoms with van der Waals surface area (Å²) < 4.78 is 10.7. The number of benzene rings is 2. The van der Waals surface area contributed by atoms with Gasteiger partial charge in [-0.3, -0.25) is 4.79 Å². The molecule has 0 saturated heterocycles. The van der Waals surface area contributed by atoms with Gasteiger partial charge in [0.15, 0.2) is 11.5 Å². The van der Waals surface area contributed by atoms with Gasteiger partial charge in [-0.25, -0.2) is 4.79 Å². The standard InChI is InChI=1S/C22H27N3O5S2/c1-31-8-7-16(12-32-17-4-2-3-15(23)10-17)24-22(28)25-18(11-21(26)27)14-5-6-19-20(9-14)30-13-29-19/h2-6,9-10,16,18H,7-8,11-13,23H2,1H3,(H,26,27)(H2,24,25,28)/t16?,18-/m0/s1. The van der Waals surface area contributed by atoms with E-state index in [1.165, 1.54) is 0 Å². The zero-order chi connectivity index (χ0) is 22.9. The number of urea groups is 1. The molecule has 2 atom stereocenters. The van der Waals surface area contributed by atoms with Crippen LogP contribution in [0.15, 0.2) is 47.4 Å². The minimum atomic E-state index is -1.01. The predicted octanol–water partition coefficient (Wildman–Crippen LogP) is 3.73. The van der Waals surface area contributed by atoms with Gasteiger partial charge in [-0.15, -0.1) is 11.8 Å². The fraction of sp³-hybridized carbons (Fsp3) is 0.364. The van der Waals surface area contributed by atoms with Crippen LogP contribution in [0.3, 0.4) is 0 Å². The number of fused-ring (bicyclic) bond motifs is 1. The number of carbonyl (C=O) groups excluding carboxylic acids is 1. The first-order chi connectivity index (χ1) is 15.4. The maximum Gasteiger partial charge on any atom is 0.315 e. The van der Waals surface area contributed by atoms with Crippen molar-refractivity contribution >= 4 is 41.2 Å². The summed E-state index contributed by atoms with van der Waals surface area (Å²) in [6, 6.07) is 11.6. The lowest BCUT2D eigenvalue weighted by molar-refractivity contribution is -0.137. The summed E-state index contributed by atoms with van der Waals surface area (Å²) in [5.74, 6) is 1.69. The molecule has 2 amide bonds. The number of carboxylic acid groups (broad SMARTS) is 1. The Hall–Kier alpha value is -2.72. The zero-order valence-electron chi connectivity index (χ0n) is 17.7. The van der Waals surface area contributed by atoms with Gasteiger partial charge in [0.2, 0.25) is 6.79 Å². The molecule has 1 heterocycles. The van der Waals surface area contributed by atoms with E-state index in [2.05, 4.69) is 10.6 Å². The van der Waals surface area contributed by atoms with Gasteiger partial charge in [0.05, 0.1) is 12.5 Å². The zero-order valence-corrected chi connectivity index (χ0v) is 19.3.